The van der Waals surface area contributed by atoms with E-state index in [0.29, 0.717) is 12.2 Å². The Bertz CT molecular complexity index is 264. The zero-order valence-electron chi connectivity index (χ0n) is 11.8. The highest BCUT2D eigenvalue weighted by molar-refractivity contribution is 4.94. The Morgan fingerprint density at radius 3 is 1.26 bits per heavy atom. The maximum Gasteiger partial charge on any atom is 0.0981 e. The fourth-order valence-electron chi connectivity index (χ4n) is 2.19. The Balaban J connectivity index is 2.31. The van der Waals surface area contributed by atoms with Gasteiger partial charge in [-0.3, -0.25) is 9.80 Å². The summed E-state index contributed by atoms with van der Waals surface area (Å²) in [6.07, 6.45) is 8.34. The van der Waals surface area contributed by atoms with Crippen molar-refractivity contribution in [1.82, 2.24) is 9.80 Å². The molecule has 0 aromatic carbocycles. The molecule has 0 N–H and O–H groups in total. The molecule has 0 radical (unpaired) electrons. The smallest absolute Gasteiger partial charge is 0.0981 e. The average molecular weight is 262 g/mol. The van der Waals surface area contributed by atoms with Gasteiger partial charge in [-0.2, -0.15) is 0 Å². The molecule has 0 saturated carbocycles. The molecule has 1 heterocycles. The SMILES string of the molecule is C=CCN(CC=C)CC1O[C@H]1CN(CC=C)CC=C. The van der Waals surface area contributed by atoms with Gasteiger partial charge in [-0.05, 0) is 0 Å². The van der Waals surface area contributed by atoms with E-state index in [1.807, 2.05) is 24.3 Å². The van der Waals surface area contributed by atoms with E-state index in [1.165, 1.54) is 0 Å². The van der Waals surface area contributed by atoms with Crippen LogP contribution >= 0.6 is 0 Å². The van der Waals surface area contributed by atoms with E-state index in [4.69, 9.17) is 4.74 Å². The minimum Gasteiger partial charge on any atom is -0.367 e. The van der Waals surface area contributed by atoms with Crippen LogP contribution in [-0.4, -0.2) is 61.3 Å². The van der Waals surface area contributed by atoms with Crippen LogP contribution in [0.15, 0.2) is 50.6 Å². The van der Waals surface area contributed by atoms with Gasteiger partial charge in [0.05, 0.1) is 12.2 Å². The summed E-state index contributed by atoms with van der Waals surface area (Å²) in [6, 6.07) is 0. The van der Waals surface area contributed by atoms with Crippen molar-refractivity contribution in [2.45, 2.75) is 12.2 Å². The highest BCUT2D eigenvalue weighted by Gasteiger charge is 2.40. The molecule has 1 aliphatic heterocycles. The number of rotatable bonds is 12. The first-order valence-electron chi connectivity index (χ1n) is 6.78. The fourth-order valence-corrected chi connectivity index (χ4v) is 2.19. The normalized spacial score (nSPS) is 21.4. The molecule has 1 rings (SSSR count). The number of ether oxygens (including phenoxy) is 1. The molecular weight excluding hydrogens is 236 g/mol. The summed E-state index contributed by atoms with van der Waals surface area (Å²) in [6.45, 7) is 20.5. The molecule has 1 saturated heterocycles. The van der Waals surface area contributed by atoms with E-state index >= 15 is 0 Å². The second kappa shape index (κ2) is 8.86. The van der Waals surface area contributed by atoms with Crippen molar-refractivity contribution in [3.05, 3.63) is 50.6 Å². The van der Waals surface area contributed by atoms with E-state index in [0.717, 1.165) is 39.3 Å². The molecule has 0 bridgehead atoms. The van der Waals surface area contributed by atoms with Gasteiger partial charge in [-0.1, -0.05) is 24.3 Å². The summed E-state index contributed by atoms with van der Waals surface area (Å²) in [4.78, 5) is 4.58. The van der Waals surface area contributed by atoms with Crippen molar-refractivity contribution in [2.24, 2.45) is 0 Å². The lowest BCUT2D eigenvalue weighted by molar-refractivity contribution is 0.263. The van der Waals surface area contributed by atoms with Crippen LogP contribution in [-0.2, 0) is 4.74 Å². The van der Waals surface area contributed by atoms with Gasteiger partial charge in [0.1, 0.15) is 0 Å². The Kier molecular flexibility index (Phi) is 7.41. The Morgan fingerprint density at radius 2 is 1.00 bits per heavy atom. The summed E-state index contributed by atoms with van der Waals surface area (Å²) < 4.78 is 5.74. The van der Waals surface area contributed by atoms with E-state index in [1.54, 1.807) is 0 Å². The summed E-state index contributed by atoms with van der Waals surface area (Å²) in [5.74, 6) is 0. The number of hydrogen-bond acceptors (Lipinski definition) is 3. The molecule has 1 unspecified atom stereocenters. The predicted molar refractivity (Wildman–Crippen MR) is 82.3 cm³/mol. The number of nitrogens with zero attached hydrogens (tertiary/aromatic N) is 2. The third kappa shape index (κ3) is 6.01. The first-order chi connectivity index (χ1) is 9.24. The Morgan fingerprint density at radius 1 is 0.684 bits per heavy atom. The molecule has 0 aromatic heterocycles. The molecule has 2 atom stereocenters. The summed E-state index contributed by atoms with van der Waals surface area (Å²) in [5.41, 5.74) is 0. The van der Waals surface area contributed by atoms with Crippen molar-refractivity contribution in [3.8, 4) is 0 Å². The third-order valence-corrected chi connectivity index (χ3v) is 3.11. The van der Waals surface area contributed by atoms with E-state index in [9.17, 15) is 0 Å². The standard InChI is InChI=1S/C16H26N2O/c1-5-9-17(10-6-2)13-15-16(19-15)14-18(11-7-3)12-8-4/h5-8,15-16H,1-4,9-14H2/t15-,16?/m0/s1. The van der Waals surface area contributed by atoms with Crippen LogP contribution in [0, 0.1) is 0 Å². The third-order valence-electron chi connectivity index (χ3n) is 3.11. The van der Waals surface area contributed by atoms with Gasteiger partial charge in [0.2, 0.25) is 0 Å². The van der Waals surface area contributed by atoms with Gasteiger partial charge in [0.15, 0.2) is 0 Å². The predicted octanol–water partition coefficient (Wildman–Crippen LogP) is 2.10. The first kappa shape index (κ1) is 15.9. The van der Waals surface area contributed by atoms with E-state index in [-0.39, 0.29) is 0 Å². The first-order valence-corrected chi connectivity index (χ1v) is 6.78. The van der Waals surface area contributed by atoms with Crippen LogP contribution in [0.1, 0.15) is 0 Å². The largest absolute Gasteiger partial charge is 0.367 e. The minimum absolute atomic E-state index is 0.331. The summed E-state index contributed by atoms with van der Waals surface area (Å²) in [5, 5.41) is 0. The maximum absolute atomic E-state index is 5.74. The molecule has 19 heavy (non-hydrogen) atoms. The molecule has 0 aliphatic carbocycles. The molecule has 0 amide bonds. The van der Waals surface area contributed by atoms with Gasteiger partial charge in [-0.15, -0.1) is 26.3 Å². The van der Waals surface area contributed by atoms with Crippen LogP contribution in [0.2, 0.25) is 0 Å². The summed E-state index contributed by atoms with van der Waals surface area (Å²) in [7, 11) is 0. The van der Waals surface area contributed by atoms with E-state index in [2.05, 4.69) is 36.1 Å². The van der Waals surface area contributed by atoms with Crippen molar-refractivity contribution in [1.29, 1.82) is 0 Å². The van der Waals surface area contributed by atoms with Gasteiger partial charge in [0, 0.05) is 39.3 Å². The molecule has 0 spiro atoms. The van der Waals surface area contributed by atoms with Crippen LogP contribution < -0.4 is 0 Å². The van der Waals surface area contributed by atoms with Crippen molar-refractivity contribution < 1.29 is 4.74 Å². The quantitative estimate of drug-likeness (QED) is 0.396. The molecule has 3 nitrogen and oxygen atoms in total. The molecule has 1 fully saturated rings. The van der Waals surface area contributed by atoms with E-state index < -0.39 is 0 Å². The van der Waals surface area contributed by atoms with Crippen LogP contribution in [0.3, 0.4) is 0 Å². The lowest BCUT2D eigenvalue weighted by Gasteiger charge is -2.19. The molecule has 0 aromatic rings. The van der Waals surface area contributed by atoms with Crippen molar-refractivity contribution >= 4 is 0 Å². The molecule has 106 valence electrons. The fraction of sp³-hybridized carbons (Fsp3) is 0.500. The Hall–Kier alpha value is -1.16. The maximum atomic E-state index is 5.74. The highest BCUT2D eigenvalue weighted by atomic mass is 16.6. The monoisotopic (exact) mass is 262 g/mol. The van der Waals surface area contributed by atoms with Crippen molar-refractivity contribution in [2.75, 3.05) is 39.3 Å². The highest BCUT2D eigenvalue weighted by Crippen LogP contribution is 2.24. The van der Waals surface area contributed by atoms with Gasteiger partial charge in [-0.25, -0.2) is 0 Å². The van der Waals surface area contributed by atoms with Gasteiger partial charge >= 0.3 is 0 Å². The number of epoxide rings is 1. The van der Waals surface area contributed by atoms with Gasteiger partial charge < -0.3 is 4.74 Å². The molecular formula is C16H26N2O. The zero-order chi connectivity index (χ0) is 14.1. The van der Waals surface area contributed by atoms with Crippen LogP contribution in [0.5, 0.6) is 0 Å². The number of hydrogen-bond donors (Lipinski definition) is 0. The van der Waals surface area contributed by atoms with Crippen LogP contribution in [0.4, 0.5) is 0 Å². The average Bonchev–Trinajstić information content (AvgIpc) is 3.08. The van der Waals surface area contributed by atoms with Crippen molar-refractivity contribution in [3.63, 3.8) is 0 Å². The van der Waals surface area contributed by atoms with Crippen LogP contribution in [0.25, 0.3) is 0 Å². The zero-order valence-corrected chi connectivity index (χ0v) is 11.8. The summed E-state index contributed by atoms with van der Waals surface area (Å²) >= 11 is 0. The minimum atomic E-state index is 0.331. The lowest BCUT2D eigenvalue weighted by Crippen LogP contribution is -2.32. The molecule has 1 aliphatic rings. The topological polar surface area (TPSA) is 19.0 Å². The second-order valence-electron chi connectivity index (χ2n) is 4.80. The second-order valence-corrected chi connectivity index (χ2v) is 4.80. The van der Waals surface area contributed by atoms with Gasteiger partial charge in [0.25, 0.3) is 0 Å². The molecule has 3 heteroatoms. The Labute approximate surface area is 117 Å². The lowest BCUT2D eigenvalue weighted by atomic mass is 10.2.